The Balaban J connectivity index is 2.53. The van der Waals surface area contributed by atoms with E-state index >= 15 is 0 Å². The fraction of sp³-hybridized carbons (Fsp3) is 0.636. The molecule has 0 aromatic carbocycles. The molecule has 0 aliphatic rings. The highest BCUT2D eigenvalue weighted by Gasteiger charge is 2.15. The molecule has 0 spiro atoms. The molecule has 1 amide bonds. The molecule has 0 bridgehead atoms. The van der Waals surface area contributed by atoms with Gasteiger partial charge in [0.2, 0.25) is 0 Å². The van der Waals surface area contributed by atoms with Crippen LogP contribution in [0.4, 0.5) is 0 Å². The maximum absolute atomic E-state index is 11.8. The second kappa shape index (κ2) is 5.65. The summed E-state index contributed by atoms with van der Waals surface area (Å²) in [5, 5.41) is 18.9. The third-order valence-electron chi connectivity index (χ3n) is 2.48. The van der Waals surface area contributed by atoms with E-state index in [-0.39, 0.29) is 12.5 Å². The Kier molecular flexibility index (Phi) is 4.49. The Hall–Kier alpha value is -1.36. The molecule has 0 saturated carbocycles. The number of aliphatic hydroxyl groups excluding tert-OH is 1. The van der Waals surface area contributed by atoms with Gasteiger partial charge in [0.25, 0.3) is 5.91 Å². The quantitative estimate of drug-likeness (QED) is 0.697. The van der Waals surface area contributed by atoms with E-state index in [9.17, 15) is 9.90 Å². The molecule has 1 heterocycles. The van der Waals surface area contributed by atoms with Crippen LogP contribution in [-0.4, -0.2) is 33.9 Å². The fourth-order valence-electron chi connectivity index (χ4n) is 1.62. The summed E-state index contributed by atoms with van der Waals surface area (Å²) in [4.78, 5) is 11.8. The number of H-pyrrole nitrogens is 1. The molecular weight excluding hydrogens is 206 g/mol. The summed E-state index contributed by atoms with van der Waals surface area (Å²) in [5.74, 6) is -0.182. The Morgan fingerprint density at radius 3 is 2.75 bits per heavy atom. The van der Waals surface area contributed by atoms with Crippen LogP contribution in [0.15, 0.2) is 0 Å². The maximum Gasteiger partial charge on any atom is 0.255 e. The van der Waals surface area contributed by atoms with E-state index in [0.29, 0.717) is 17.7 Å². The second-order valence-electron chi connectivity index (χ2n) is 3.96. The first-order valence-corrected chi connectivity index (χ1v) is 5.54. The molecule has 1 unspecified atom stereocenters. The maximum atomic E-state index is 11.8. The summed E-state index contributed by atoms with van der Waals surface area (Å²) in [7, 11) is 0. The molecule has 1 atom stereocenters. The highest BCUT2D eigenvalue weighted by Crippen LogP contribution is 2.08. The van der Waals surface area contributed by atoms with E-state index in [1.54, 1.807) is 13.8 Å². The van der Waals surface area contributed by atoms with Crippen LogP contribution in [0.5, 0.6) is 0 Å². The highest BCUT2D eigenvalue weighted by atomic mass is 16.3. The summed E-state index contributed by atoms with van der Waals surface area (Å²) in [6.45, 7) is 5.87. The number of carbonyl (C=O) groups excluding carboxylic acids is 1. The zero-order valence-electron chi connectivity index (χ0n) is 10.0. The summed E-state index contributed by atoms with van der Waals surface area (Å²) >= 11 is 0. The second-order valence-corrected chi connectivity index (χ2v) is 3.96. The van der Waals surface area contributed by atoms with Crippen molar-refractivity contribution in [1.29, 1.82) is 0 Å². The molecule has 5 heteroatoms. The summed E-state index contributed by atoms with van der Waals surface area (Å²) in [6, 6.07) is 0. The number of nitrogens with zero attached hydrogens (tertiary/aromatic N) is 1. The van der Waals surface area contributed by atoms with Crippen LogP contribution >= 0.6 is 0 Å². The lowest BCUT2D eigenvalue weighted by molar-refractivity contribution is 0.0909. The Bertz CT molecular complexity index is 341. The average Bonchev–Trinajstić information content (AvgIpc) is 2.56. The van der Waals surface area contributed by atoms with Crippen molar-refractivity contribution < 1.29 is 9.90 Å². The lowest BCUT2D eigenvalue weighted by atomic mass is 10.1. The first-order valence-electron chi connectivity index (χ1n) is 5.54. The van der Waals surface area contributed by atoms with E-state index in [1.807, 2.05) is 6.92 Å². The predicted molar refractivity (Wildman–Crippen MR) is 61.3 cm³/mol. The van der Waals surface area contributed by atoms with E-state index in [2.05, 4.69) is 15.5 Å². The van der Waals surface area contributed by atoms with Crippen LogP contribution in [0.3, 0.4) is 0 Å². The van der Waals surface area contributed by atoms with Gasteiger partial charge >= 0.3 is 0 Å². The van der Waals surface area contributed by atoms with E-state index in [0.717, 1.165) is 12.1 Å². The van der Waals surface area contributed by atoms with Crippen molar-refractivity contribution in [2.75, 3.05) is 6.54 Å². The van der Waals surface area contributed by atoms with Crippen LogP contribution in [0.2, 0.25) is 0 Å². The molecule has 0 saturated heterocycles. The molecule has 0 aliphatic carbocycles. The minimum atomic E-state index is -0.471. The van der Waals surface area contributed by atoms with Gasteiger partial charge in [-0.2, -0.15) is 5.10 Å². The van der Waals surface area contributed by atoms with Gasteiger partial charge in [0, 0.05) is 12.2 Å². The topological polar surface area (TPSA) is 78.0 Å². The van der Waals surface area contributed by atoms with Crippen molar-refractivity contribution in [3.63, 3.8) is 0 Å². The zero-order valence-corrected chi connectivity index (χ0v) is 10.0. The molecular formula is C11H19N3O2. The largest absolute Gasteiger partial charge is 0.391 e. The molecule has 0 aliphatic heterocycles. The van der Waals surface area contributed by atoms with Crippen LogP contribution in [-0.2, 0) is 0 Å². The van der Waals surface area contributed by atoms with Gasteiger partial charge in [-0.1, -0.05) is 13.3 Å². The SMILES string of the molecule is CCCC(O)CNC(=O)c1c(C)n[nH]c1C. The summed E-state index contributed by atoms with van der Waals surface area (Å²) in [6.07, 6.45) is 1.13. The third-order valence-corrected chi connectivity index (χ3v) is 2.48. The third kappa shape index (κ3) is 3.06. The lowest BCUT2D eigenvalue weighted by Crippen LogP contribution is -2.32. The molecule has 1 aromatic heterocycles. The van der Waals surface area contributed by atoms with Gasteiger partial charge in [0.15, 0.2) is 0 Å². The van der Waals surface area contributed by atoms with Crippen molar-refractivity contribution >= 4 is 5.91 Å². The van der Waals surface area contributed by atoms with E-state index in [4.69, 9.17) is 0 Å². The summed E-state index contributed by atoms with van der Waals surface area (Å²) in [5.41, 5.74) is 2.00. The van der Waals surface area contributed by atoms with Crippen LogP contribution in [0.25, 0.3) is 0 Å². The van der Waals surface area contributed by atoms with Crippen LogP contribution in [0.1, 0.15) is 41.5 Å². The molecule has 3 N–H and O–H groups in total. The monoisotopic (exact) mass is 225 g/mol. The number of carbonyl (C=O) groups is 1. The standard InChI is InChI=1S/C11H19N3O2/c1-4-5-9(15)6-12-11(16)10-7(2)13-14-8(10)3/h9,15H,4-6H2,1-3H3,(H,12,16)(H,13,14). The molecule has 1 rings (SSSR count). The normalized spacial score (nSPS) is 12.5. The van der Waals surface area contributed by atoms with Crippen molar-refractivity contribution in [3.8, 4) is 0 Å². The van der Waals surface area contributed by atoms with E-state index < -0.39 is 6.10 Å². The number of amides is 1. The minimum absolute atomic E-state index is 0.182. The first kappa shape index (κ1) is 12.7. The fourth-order valence-corrected chi connectivity index (χ4v) is 1.62. The number of nitrogens with one attached hydrogen (secondary N) is 2. The van der Waals surface area contributed by atoms with Gasteiger partial charge in [-0.15, -0.1) is 0 Å². The van der Waals surface area contributed by atoms with Crippen molar-refractivity contribution in [2.45, 2.75) is 39.7 Å². The lowest BCUT2D eigenvalue weighted by Gasteiger charge is -2.10. The van der Waals surface area contributed by atoms with Crippen LogP contribution < -0.4 is 5.32 Å². The number of aryl methyl sites for hydroxylation is 2. The molecule has 1 aromatic rings. The van der Waals surface area contributed by atoms with Gasteiger partial charge in [0.1, 0.15) is 0 Å². The number of aromatic amines is 1. The van der Waals surface area contributed by atoms with Gasteiger partial charge < -0.3 is 10.4 Å². The zero-order chi connectivity index (χ0) is 12.1. The Morgan fingerprint density at radius 2 is 2.25 bits per heavy atom. The van der Waals surface area contributed by atoms with Crippen molar-refractivity contribution in [1.82, 2.24) is 15.5 Å². The summed E-state index contributed by atoms with van der Waals surface area (Å²) < 4.78 is 0. The molecule has 5 nitrogen and oxygen atoms in total. The highest BCUT2D eigenvalue weighted by molar-refractivity contribution is 5.96. The molecule has 16 heavy (non-hydrogen) atoms. The van der Waals surface area contributed by atoms with Crippen molar-refractivity contribution in [3.05, 3.63) is 17.0 Å². The molecule has 90 valence electrons. The minimum Gasteiger partial charge on any atom is -0.391 e. The number of hydrogen-bond donors (Lipinski definition) is 3. The number of aliphatic hydroxyl groups is 1. The number of rotatable bonds is 5. The van der Waals surface area contributed by atoms with Gasteiger partial charge in [-0.05, 0) is 20.3 Å². The van der Waals surface area contributed by atoms with Gasteiger partial charge in [-0.3, -0.25) is 9.89 Å². The smallest absolute Gasteiger partial charge is 0.255 e. The number of hydrogen-bond acceptors (Lipinski definition) is 3. The molecule has 0 radical (unpaired) electrons. The van der Waals surface area contributed by atoms with E-state index in [1.165, 1.54) is 0 Å². The average molecular weight is 225 g/mol. The van der Waals surface area contributed by atoms with Gasteiger partial charge in [-0.25, -0.2) is 0 Å². The van der Waals surface area contributed by atoms with Gasteiger partial charge in [0.05, 0.1) is 17.4 Å². The number of aromatic nitrogens is 2. The van der Waals surface area contributed by atoms with Crippen molar-refractivity contribution in [2.24, 2.45) is 0 Å². The first-order chi connectivity index (χ1) is 7.56. The predicted octanol–water partition coefficient (Wildman–Crippen LogP) is 0.917. The van der Waals surface area contributed by atoms with Crippen LogP contribution in [0, 0.1) is 13.8 Å². The Morgan fingerprint density at radius 1 is 1.56 bits per heavy atom. The molecule has 0 fully saturated rings. The Labute approximate surface area is 95.3 Å².